The van der Waals surface area contributed by atoms with Gasteiger partial charge in [-0.2, -0.15) is 0 Å². The van der Waals surface area contributed by atoms with E-state index in [9.17, 15) is 0 Å². The van der Waals surface area contributed by atoms with E-state index in [1.165, 1.54) is 49.7 Å². The third-order valence-electron chi connectivity index (χ3n) is 4.43. The molecule has 0 N–H and O–H groups in total. The van der Waals surface area contributed by atoms with Gasteiger partial charge in [0.15, 0.2) is 0 Å². The molecule has 20 heavy (non-hydrogen) atoms. The highest BCUT2D eigenvalue weighted by Gasteiger charge is 2.22. The molecule has 1 fully saturated rings. The molecule has 1 aromatic rings. The van der Waals surface area contributed by atoms with Gasteiger partial charge in [0.05, 0.1) is 6.61 Å². The van der Waals surface area contributed by atoms with Crippen molar-refractivity contribution in [1.29, 1.82) is 0 Å². The first kappa shape index (κ1) is 15.3. The summed E-state index contributed by atoms with van der Waals surface area (Å²) in [4.78, 5) is 0. The smallest absolute Gasteiger partial charge is 0.0644 e. The van der Waals surface area contributed by atoms with Crippen LogP contribution in [0.15, 0.2) is 36.9 Å². The van der Waals surface area contributed by atoms with Crippen molar-refractivity contribution < 1.29 is 4.74 Å². The molecule has 0 bridgehead atoms. The van der Waals surface area contributed by atoms with Gasteiger partial charge in [0.1, 0.15) is 0 Å². The van der Waals surface area contributed by atoms with Gasteiger partial charge in [0, 0.05) is 6.61 Å². The predicted octanol–water partition coefficient (Wildman–Crippen LogP) is 5.12. The van der Waals surface area contributed by atoms with Gasteiger partial charge in [-0.05, 0) is 55.1 Å². The Balaban J connectivity index is 1.79. The van der Waals surface area contributed by atoms with Crippen LogP contribution in [-0.4, -0.2) is 13.2 Å². The largest absolute Gasteiger partial charge is 0.377 e. The van der Waals surface area contributed by atoms with Crippen LogP contribution in [-0.2, 0) is 11.2 Å². The third-order valence-corrected chi connectivity index (χ3v) is 4.43. The van der Waals surface area contributed by atoms with Crippen LogP contribution in [0.1, 0.15) is 56.1 Å². The van der Waals surface area contributed by atoms with E-state index in [0.29, 0.717) is 6.61 Å². The summed E-state index contributed by atoms with van der Waals surface area (Å²) in [5.41, 5.74) is 3.01. The van der Waals surface area contributed by atoms with Gasteiger partial charge in [0.25, 0.3) is 0 Å². The quantitative estimate of drug-likeness (QED) is 0.495. The van der Waals surface area contributed by atoms with Crippen LogP contribution in [0.3, 0.4) is 0 Å². The zero-order valence-corrected chi connectivity index (χ0v) is 12.8. The summed E-state index contributed by atoms with van der Waals surface area (Å²) < 4.78 is 5.59. The molecule has 1 aromatic carbocycles. The number of hydrogen-bond acceptors (Lipinski definition) is 1. The number of rotatable bonds is 7. The maximum absolute atomic E-state index is 5.59. The molecule has 0 aliphatic heterocycles. The molecular weight excluding hydrogens is 244 g/mol. The van der Waals surface area contributed by atoms with Gasteiger partial charge in [-0.15, -0.1) is 6.58 Å². The summed E-state index contributed by atoms with van der Waals surface area (Å²) >= 11 is 0. The molecule has 2 rings (SSSR count). The zero-order chi connectivity index (χ0) is 14.2. The number of ether oxygens (including phenoxy) is 1. The van der Waals surface area contributed by atoms with Crippen LogP contribution < -0.4 is 0 Å². The van der Waals surface area contributed by atoms with Gasteiger partial charge in [-0.25, -0.2) is 0 Å². The summed E-state index contributed by atoms with van der Waals surface area (Å²) in [5.74, 6) is 1.52. The molecule has 1 heteroatoms. The molecule has 1 saturated carbocycles. The van der Waals surface area contributed by atoms with E-state index in [1.54, 1.807) is 0 Å². The van der Waals surface area contributed by atoms with Gasteiger partial charge < -0.3 is 4.74 Å². The molecule has 0 aromatic heterocycles. The topological polar surface area (TPSA) is 9.23 Å². The first-order chi connectivity index (χ1) is 9.83. The van der Waals surface area contributed by atoms with Gasteiger partial charge in [-0.1, -0.05) is 43.7 Å². The average molecular weight is 272 g/mol. The predicted molar refractivity (Wildman–Crippen MR) is 86.2 cm³/mol. The molecule has 110 valence electrons. The highest BCUT2D eigenvalue weighted by molar-refractivity contribution is 5.25. The Morgan fingerprint density at radius 1 is 1.15 bits per heavy atom. The van der Waals surface area contributed by atoms with E-state index in [4.69, 9.17) is 4.74 Å². The summed E-state index contributed by atoms with van der Waals surface area (Å²) in [6.45, 7) is 7.53. The average Bonchev–Trinajstić information content (AvgIpc) is 2.49. The standard InChI is InChI=1S/C19H28O/c1-3-5-16-6-10-18(11-7-16)19-12-8-17(9-13-19)15-20-14-4-2/h4,6-7,10-11,17,19H,2-3,5,8-9,12-15H2,1H3/t17-,19-. The van der Waals surface area contributed by atoms with Crippen LogP contribution in [0.25, 0.3) is 0 Å². The lowest BCUT2D eigenvalue weighted by Crippen LogP contribution is -2.18. The van der Waals surface area contributed by atoms with Crippen molar-refractivity contribution in [1.82, 2.24) is 0 Å². The lowest BCUT2D eigenvalue weighted by Gasteiger charge is -2.28. The third kappa shape index (κ3) is 4.49. The second-order valence-electron chi connectivity index (χ2n) is 6.04. The Morgan fingerprint density at radius 2 is 1.85 bits per heavy atom. The minimum atomic E-state index is 0.693. The monoisotopic (exact) mass is 272 g/mol. The fraction of sp³-hybridized carbons (Fsp3) is 0.579. The highest BCUT2D eigenvalue weighted by Crippen LogP contribution is 2.35. The molecule has 0 atom stereocenters. The first-order valence-electron chi connectivity index (χ1n) is 8.11. The fourth-order valence-electron chi connectivity index (χ4n) is 3.23. The van der Waals surface area contributed by atoms with Crippen molar-refractivity contribution in [2.75, 3.05) is 13.2 Å². The summed E-state index contributed by atoms with van der Waals surface area (Å²) in [5, 5.41) is 0. The molecular formula is C19H28O. The van der Waals surface area contributed by atoms with E-state index in [0.717, 1.165) is 18.4 Å². The van der Waals surface area contributed by atoms with Gasteiger partial charge >= 0.3 is 0 Å². The number of benzene rings is 1. The van der Waals surface area contributed by atoms with Crippen LogP contribution >= 0.6 is 0 Å². The highest BCUT2D eigenvalue weighted by atomic mass is 16.5. The van der Waals surface area contributed by atoms with Crippen LogP contribution in [0.4, 0.5) is 0 Å². The van der Waals surface area contributed by atoms with E-state index in [2.05, 4.69) is 37.8 Å². The normalized spacial score (nSPS) is 22.6. The Bertz CT molecular complexity index is 385. The first-order valence-corrected chi connectivity index (χ1v) is 8.11. The van der Waals surface area contributed by atoms with E-state index >= 15 is 0 Å². The van der Waals surface area contributed by atoms with Crippen molar-refractivity contribution in [3.63, 3.8) is 0 Å². The molecule has 0 radical (unpaired) electrons. The minimum absolute atomic E-state index is 0.693. The van der Waals surface area contributed by atoms with Crippen molar-refractivity contribution in [2.45, 2.75) is 51.4 Å². The van der Waals surface area contributed by atoms with Crippen LogP contribution in [0.2, 0.25) is 0 Å². The van der Waals surface area contributed by atoms with Crippen molar-refractivity contribution in [3.8, 4) is 0 Å². The SMILES string of the molecule is C=CCOC[C@H]1CC[C@H](c2ccc(CCC)cc2)CC1. The maximum atomic E-state index is 5.59. The zero-order valence-electron chi connectivity index (χ0n) is 12.8. The second kappa shape index (κ2) is 8.26. The van der Waals surface area contributed by atoms with Crippen LogP contribution in [0, 0.1) is 5.92 Å². The van der Waals surface area contributed by atoms with Crippen LogP contribution in [0.5, 0.6) is 0 Å². The summed E-state index contributed by atoms with van der Waals surface area (Å²) in [6, 6.07) is 9.34. The van der Waals surface area contributed by atoms with Crippen molar-refractivity contribution in [2.24, 2.45) is 5.92 Å². The molecule has 0 heterocycles. The van der Waals surface area contributed by atoms with Gasteiger partial charge in [-0.3, -0.25) is 0 Å². The lowest BCUT2D eigenvalue weighted by molar-refractivity contribution is 0.102. The Kier molecular flexibility index (Phi) is 6.32. The molecule has 1 aliphatic carbocycles. The Morgan fingerprint density at radius 3 is 2.45 bits per heavy atom. The van der Waals surface area contributed by atoms with E-state index < -0.39 is 0 Å². The molecule has 0 saturated heterocycles. The van der Waals surface area contributed by atoms with Crippen molar-refractivity contribution in [3.05, 3.63) is 48.0 Å². The van der Waals surface area contributed by atoms with Crippen molar-refractivity contribution >= 4 is 0 Å². The second-order valence-corrected chi connectivity index (χ2v) is 6.04. The molecule has 1 aliphatic rings. The van der Waals surface area contributed by atoms with E-state index in [-0.39, 0.29) is 0 Å². The summed E-state index contributed by atoms with van der Waals surface area (Å²) in [7, 11) is 0. The number of aryl methyl sites for hydroxylation is 1. The number of hydrogen-bond donors (Lipinski definition) is 0. The summed E-state index contributed by atoms with van der Waals surface area (Å²) in [6.07, 6.45) is 9.51. The molecule has 1 nitrogen and oxygen atoms in total. The molecule has 0 spiro atoms. The van der Waals surface area contributed by atoms with Gasteiger partial charge in [0.2, 0.25) is 0 Å². The Labute approximate surface area is 124 Å². The fourth-order valence-corrected chi connectivity index (χ4v) is 3.23. The minimum Gasteiger partial charge on any atom is -0.377 e. The molecule has 0 unspecified atom stereocenters. The molecule has 0 amide bonds. The van der Waals surface area contributed by atoms with E-state index in [1.807, 2.05) is 6.08 Å². The lowest BCUT2D eigenvalue weighted by atomic mass is 9.79. The maximum Gasteiger partial charge on any atom is 0.0644 e. The Hall–Kier alpha value is -1.08.